The molecule has 3 aromatic heterocycles. The molecule has 8 aromatic rings. The number of nitrogens with zero attached hydrogens (tertiary/aromatic N) is 4. The van der Waals surface area contributed by atoms with Gasteiger partial charge in [-0.25, -0.2) is 15.0 Å². The molecule has 0 spiro atoms. The molecule has 0 bridgehead atoms. The Kier molecular flexibility index (Phi) is 5.75. The van der Waals surface area contributed by atoms with E-state index in [2.05, 4.69) is 102 Å². The van der Waals surface area contributed by atoms with Gasteiger partial charge >= 0.3 is 0 Å². The van der Waals surface area contributed by atoms with Crippen LogP contribution in [0, 0.1) is 0 Å². The molecule has 0 radical (unpaired) electrons. The van der Waals surface area contributed by atoms with Gasteiger partial charge in [0.2, 0.25) is 0 Å². The third-order valence-electron chi connectivity index (χ3n) is 7.73. The van der Waals surface area contributed by atoms with Gasteiger partial charge in [0, 0.05) is 44.6 Å². The van der Waals surface area contributed by atoms with E-state index in [0.717, 1.165) is 71.9 Å². The maximum absolute atomic E-state index is 5.12. The van der Waals surface area contributed by atoms with Gasteiger partial charge in [0.05, 0.1) is 27.9 Å². The number of fused-ring (bicyclic) bond motifs is 4. The highest BCUT2D eigenvalue weighted by Crippen LogP contribution is 2.35. The predicted octanol–water partition coefficient (Wildman–Crippen LogP) is 9.39. The third kappa shape index (κ3) is 4.18. The second-order valence-electron chi connectivity index (χ2n) is 10.3. The summed E-state index contributed by atoms with van der Waals surface area (Å²) in [6.07, 6.45) is 1.82. The van der Waals surface area contributed by atoms with E-state index in [0.29, 0.717) is 5.82 Å². The van der Waals surface area contributed by atoms with Crippen LogP contribution >= 0.6 is 0 Å². The van der Waals surface area contributed by atoms with Gasteiger partial charge in [0.25, 0.3) is 0 Å². The lowest BCUT2D eigenvalue weighted by molar-refractivity contribution is 1.23. The maximum atomic E-state index is 5.12. The quantitative estimate of drug-likeness (QED) is 0.210. The fourth-order valence-corrected chi connectivity index (χ4v) is 5.62. The molecule has 0 saturated carbocycles. The van der Waals surface area contributed by atoms with Gasteiger partial charge in [-0.3, -0.25) is 4.98 Å². The molecule has 42 heavy (non-hydrogen) atoms. The van der Waals surface area contributed by atoms with E-state index in [-0.39, 0.29) is 0 Å². The van der Waals surface area contributed by atoms with Crippen molar-refractivity contribution in [1.29, 1.82) is 0 Å². The highest BCUT2D eigenvalue weighted by molar-refractivity contribution is 6.04. The smallest absolute Gasteiger partial charge is 0.160 e. The molecule has 0 atom stereocenters. The summed E-state index contributed by atoms with van der Waals surface area (Å²) in [7, 11) is 0. The average Bonchev–Trinajstić information content (AvgIpc) is 3.08. The second kappa shape index (κ2) is 10.0. The fourth-order valence-electron chi connectivity index (χ4n) is 5.62. The molecule has 3 heterocycles. The zero-order valence-corrected chi connectivity index (χ0v) is 22.6. The van der Waals surface area contributed by atoms with Crippen molar-refractivity contribution in [1.82, 2.24) is 19.9 Å². The largest absolute Gasteiger partial charge is 0.254 e. The topological polar surface area (TPSA) is 51.6 Å². The van der Waals surface area contributed by atoms with Gasteiger partial charge in [0.15, 0.2) is 5.82 Å². The number of hydrogen-bond donors (Lipinski definition) is 0. The van der Waals surface area contributed by atoms with Crippen LogP contribution < -0.4 is 0 Å². The van der Waals surface area contributed by atoms with Crippen molar-refractivity contribution in [2.75, 3.05) is 0 Å². The predicted molar refractivity (Wildman–Crippen MR) is 172 cm³/mol. The van der Waals surface area contributed by atoms with E-state index in [4.69, 9.17) is 15.0 Å². The van der Waals surface area contributed by atoms with Crippen LogP contribution in [-0.4, -0.2) is 19.9 Å². The van der Waals surface area contributed by atoms with Crippen LogP contribution in [0.1, 0.15) is 0 Å². The van der Waals surface area contributed by atoms with Crippen LogP contribution in [-0.2, 0) is 0 Å². The SMILES string of the molecule is c1ccc(-c2nc(-c3ccccc3)c3cccc(-c4ccc(-c5ccc6ccc7cccnc7c6n5)cc4)c3n2)cc1. The average molecular weight is 537 g/mol. The first-order valence-electron chi connectivity index (χ1n) is 14.0. The lowest BCUT2D eigenvalue weighted by Gasteiger charge is -2.13. The molecule has 0 aliphatic heterocycles. The zero-order valence-electron chi connectivity index (χ0n) is 22.6. The number of rotatable bonds is 4. The summed E-state index contributed by atoms with van der Waals surface area (Å²) >= 11 is 0. The van der Waals surface area contributed by atoms with Crippen LogP contribution in [0.5, 0.6) is 0 Å². The summed E-state index contributed by atoms with van der Waals surface area (Å²) in [5, 5.41) is 3.20. The van der Waals surface area contributed by atoms with Gasteiger partial charge < -0.3 is 0 Å². The molecule has 0 saturated heterocycles. The lowest BCUT2D eigenvalue weighted by Crippen LogP contribution is -1.96. The minimum atomic E-state index is 0.715. The maximum Gasteiger partial charge on any atom is 0.160 e. The zero-order chi connectivity index (χ0) is 27.9. The lowest BCUT2D eigenvalue weighted by atomic mass is 9.97. The van der Waals surface area contributed by atoms with E-state index < -0.39 is 0 Å². The summed E-state index contributed by atoms with van der Waals surface area (Å²) in [6, 6.07) is 47.9. The van der Waals surface area contributed by atoms with Crippen LogP contribution in [0.25, 0.3) is 77.7 Å². The second-order valence-corrected chi connectivity index (χ2v) is 10.3. The van der Waals surface area contributed by atoms with Crippen LogP contribution in [0.4, 0.5) is 0 Å². The Balaban J connectivity index is 1.26. The molecule has 0 aliphatic carbocycles. The first-order valence-corrected chi connectivity index (χ1v) is 14.0. The Bertz CT molecular complexity index is 2230. The summed E-state index contributed by atoms with van der Waals surface area (Å²) in [5.74, 6) is 0.715. The molecule has 8 rings (SSSR count). The minimum Gasteiger partial charge on any atom is -0.254 e. The summed E-state index contributed by atoms with van der Waals surface area (Å²) < 4.78 is 0. The van der Waals surface area contributed by atoms with Crippen molar-refractivity contribution < 1.29 is 0 Å². The Morgan fingerprint density at radius 1 is 0.381 bits per heavy atom. The monoisotopic (exact) mass is 536 g/mol. The highest BCUT2D eigenvalue weighted by Gasteiger charge is 2.15. The Labute approximate surface area is 243 Å². The third-order valence-corrected chi connectivity index (χ3v) is 7.73. The van der Waals surface area contributed by atoms with Crippen molar-refractivity contribution >= 4 is 32.7 Å². The molecule has 4 heteroatoms. The standard InChI is InChI=1S/C38H24N4/c1-3-9-27(10-4-1)34-32-15-7-14-31(37(32)42-38(41-34)30-11-5-2-6-12-30)25-16-18-26(19-17-25)33-23-22-29-21-20-28-13-8-24-39-35(28)36(29)40-33/h1-24H. The van der Waals surface area contributed by atoms with Crippen LogP contribution in [0.2, 0.25) is 0 Å². The van der Waals surface area contributed by atoms with E-state index >= 15 is 0 Å². The Morgan fingerprint density at radius 2 is 1.07 bits per heavy atom. The molecule has 196 valence electrons. The van der Waals surface area contributed by atoms with E-state index in [1.807, 2.05) is 48.7 Å². The number of aromatic nitrogens is 4. The summed E-state index contributed by atoms with van der Waals surface area (Å²) in [5.41, 5.74) is 9.90. The molecule has 0 fully saturated rings. The van der Waals surface area contributed by atoms with E-state index in [1.165, 1.54) is 0 Å². The van der Waals surface area contributed by atoms with Gasteiger partial charge in [-0.1, -0.05) is 127 Å². The number of pyridine rings is 2. The van der Waals surface area contributed by atoms with Crippen molar-refractivity contribution in [3.05, 3.63) is 146 Å². The first-order chi connectivity index (χ1) is 20.8. The number of benzene rings is 5. The molecule has 0 N–H and O–H groups in total. The van der Waals surface area contributed by atoms with Gasteiger partial charge in [0.1, 0.15) is 0 Å². The molecule has 0 amide bonds. The van der Waals surface area contributed by atoms with Gasteiger partial charge in [-0.2, -0.15) is 0 Å². The molecule has 4 nitrogen and oxygen atoms in total. The van der Waals surface area contributed by atoms with Crippen LogP contribution in [0.3, 0.4) is 0 Å². The molecule has 5 aromatic carbocycles. The molecule has 0 aliphatic rings. The minimum absolute atomic E-state index is 0.715. The van der Waals surface area contributed by atoms with Gasteiger partial charge in [-0.05, 0) is 17.7 Å². The van der Waals surface area contributed by atoms with Crippen molar-refractivity contribution in [2.24, 2.45) is 0 Å². The Hall–Kier alpha value is -5.74. The normalized spacial score (nSPS) is 11.3. The number of para-hydroxylation sites is 1. The highest BCUT2D eigenvalue weighted by atomic mass is 14.9. The number of hydrogen-bond acceptors (Lipinski definition) is 4. The molecular weight excluding hydrogens is 512 g/mol. The molecule has 0 unspecified atom stereocenters. The summed E-state index contributed by atoms with van der Waals surface area (Å²) in [4.78, 5) is 19.8. The molecular formula is C38H24N4. The van der Waals surface area contributed by atoms with Crippen molar-refractivity contribution in [3.8, 4) is 45.0 Å². The van der Waals surface area contributed by atoms with Crippen molar-refractivity contribution in [2.45, 2.75) is 0 Å². The summed E-state index contributed by atoms with van der Waals surface area (Å²) in [6.45, 7) is 0. The fraction of sp³-hybridized carbons (Fsp3) is 0. The van der Waals surface area contributed by atoms with Crippen molar-refractivity contribution in [3.63, 3.8) is 0 Å². The van der Waals surface area contributed by atoms with E-state index in [9.17, 15) is 0 Å². The van der Waals surface area contributed by atoms with E-state index in [1.54, 1.807) is 0 Å². The first kappa shape index (κ1) is 24.1. The Morgan fingerprint density at radius 3 is 1.86 bits per heavy atom. The van der Waals surface area contributed by atoms with Gasteiger partial charge in [-0.15, -0.1) is 0 Å². The van der Waals surface area contributed by atoms with Crippen LogP contribution in [0.15, 0.2) is 146 Å².